The maximum atomic E-state index is 9.08. The van der Waals surface area contributed by atoms with Gasteiger partial charge in [-0.25, -0.2) is 4.98 Å². The Morgan fingerprint density at radius 1 is 1.05 bits per heavy atom. The molecular weight excluding hydrogens is 272 g/mol. The van der Waals surface area contributed by atoms with E-state index in [1.165, 1.54) is 0 Å². The summed E-state index contributed by atoms with van der Waals surface area (Å²) < 4.78 is 0. The highest BCUT2D eigenvalue weighted by atomic mass is 32.1. The summed E-state index contributed by atoms with van der Waals surface area (Å²) in [7, 11) is 0. The molecule has 20 heavy (non-hydrogen) atoms. The number of aromatic nitrogens is 1. The summed E-state index contributed by atoms with van der Waals surface area (Å²) in [5.41, 5.74) is 2.12. The normalized spacial score (nSPS) is 11.2. The Kier molecular flexibility index (Phi) is 6.14. The van der Waals surface area contributed by atoms with Crippen LogP contribution in [0.4, 0.5) is 0 Å². The summed E-state index contributed by atoms with van der Waals surface area (Å²) in [6, 6.07) is 10.1. The van der Waals surface area contributed by atoms with Crippen molar-refractivity contribution in [3.63, 3.8) is 0 Å². The fraction of sp³-hybridized carbons (Fsp3) is 0.400. The minimum atomic E-state index is 0.127. The number of aliphatic hydroxyl groups excluding tert-OH is 2. The lowest BCUT2D eigenvalue weighted by Gasteiger charge is -2.19. The Morgan fingerprint density at radius 3 is 2.55 bits per heavy atom. The minimum absolute atomic E-state index is 0.127. The molecule has 0 bridgehead atoms. The molecule has 0 radical (unpaired) electrons. The Labute approximate surface area is 123 Å². The van der Waals surface area contributed by atoms with E-state index in [0.29, 0.717) is 6.54 Å². The Bertz CT molecular complexity index is 502. The SMILES string of the molecule is OCCCN(CCO)Cc1nc(-c2ccccc2)cs1. The Morgan fingerprint density at radius 2 is 1.85 bits per heavy atom. The van der Waals surface area contributed by atoms with Crippen LogP contribution in [0, 0.1) is 0 Å². The predicted octanol–water partition coefficient (Wildman–Crippen LogP) is 1.99. The second kappa shape index (κ2) is 8.11. The van der Waals surface area contributed by atoms with Gasteiger partial charge in [0.1, 0.15) is 5.01 Å². The average Bonchev–Trinajstić information content (AvgIpc) is 2.94. The van der Waals surface area contributed by atoms with Crippen molar-refractivity contribution in [1.29, 1.82) is 0 Å². The predicted molar refractivity (Wildman–Crippen MR) is 81.6 cm³/mol. The molecular formula is C15H20N2O2S. The number of nitrogens with zero attached hydrogens (tertiary/aromatic N) is 2. The average molecular weight is 292 g/mol. The Hall–Kier alpha value is -1.27. The molecule has 0 aliphatic carbocycles. The van der Waals surface area contributed by atoms with Gasteiger partial charge in [-0.15, -0.1) is 11.3 Å². The van der Waals surface area contributed by atoms with Crippen LogP contribution < -0.4 is 0 Å². The van der Waals surface area contributed by atoms with E-state index in [4.69, 9.17) is 10.2 Å². The maximum Gasteiger partial charge on any atom is 0.107 e. The molecule has 0 aliphatic heterocycles. The van der Waals surface area contributed by atoms with E-state index in [0.717, 1.165) is 35.8 Å². The van der Waals surface area contributed by atoms with Gasteiger partial charge in [0.25, 0.3) is 0 Å². The first kappa shape index (κ1) is 15.1. The zero-order valence-corrected chi connectivity index (χ0v) is 12.2. The smallest absolute Gasteiger partial charge is 0.107 e. The fourth-order valence-electron chi connectivity index (χ4n) is 2.02. The molecule has 0 saturated heterocycles. The molecule has 0 saturated carbocycles. The van der Waals surface area contributed by atoms with E-state index >= 15 is 0 Å². The third-order valence-electron chi connectivity index (χ3n) is 3.03. The molecule has 0 atom stereocenters. The number of benzene rings is 1. The molecule has 0 unspecified atom stereocenters. The molecule has 1 aromatic heterocycles. The van der Waals surface area contributed by atoms with Gasteiger partial charge in [0.05, 0.1) is 18.8 Å². The summed E-state index contributed by atoms with van der Waals surface area (Å²) >= 11 is 1.64. The van der Waals surface area contributed by atoms with Crippen molar-refractivity contribution in [1.82, 2.24) is 9.88 Å². The molecule has 108 valence electrons. The summed E-state index contributed by atoms with van der Waals surface area (Å²) in [6.07, 6.45) is 0.719. The zero-order valence-electron chi connectivity index (χ0n) is 11.4. The van der Waals surface area contributed by atoms with Crippen LogP contribution in [-0.4, -0.2) is 46.4 Å². The molecule has 2 rings (SSSR count). The summed E-state index contributed by atoms with van der Waals surface area (Å²) in [5, 5.41) is 21.1. The molecule has 4 nitrogen and oxygen atoms in total. The monoisotopic (exact) mass is 292 g/mol. The van der Waals surface area contributed by atoms with Gasteiger partial charge in [-0.2, -0.15) is 0 Å². The summed E-state index contributed by atoms with van der Waals surface area (Å²) in [6.45, 7) is 2.41. The van der Waals surface area contributed by atoms with Gasteiger partial charge < -0.3 is 10.2 Å². The van der Waals surface area contributed by atoms with Gasteiger partial charge >= 0.3 is 0 Å². The molecule has 1 aromatic carbocycles. The van der Waals surface area contributed by atoms with Gasteiger partial charge in [0.2, 0.25) is 0 Å². The number of hydrogen-bond acceptors (Lipinski definition) is 5. The van der Waals surface area contributed by atoms with Crippen LogP contribution in [0.1, 0.15) is 11.4 Å². The van der Waals surface area contributed by atoms with Crippen LogP contribution in [-0.2, 0) is 6.54 Å². The molecule has 0 amide bonds. The Balaban J connectivity index is 2.00. The van der Waals surface area contributed by atoms with Crippen LogP contribution >= 0.6 is 11.3 Å². The molecule has 2 aromatic rings. The van der Waals surface area contributed by atoms with Crippen molar-refractivity contribution in [2.24, 2.45) is 0 Å². The highest BCUT2D eigenvalue weighted by Crippen LogP contribution is 2.22. The van der Waals surface area contributed by atoms with Crippen LogP contribution in [0.15, 0.2) is 35.7 Å². The van der Waals surface area contributed by atoms with Gasteiger partial charge in [-0.1, -0.05) is 30.3 Å². The quantitative estimate of drug-likeness (QED) is 0.781. The third-order valence-corrected chi connectivity index (χ3v) is 3.86. The van der Waals surface area contributed by atoms with Gasteiger partial charge in [0, 0.05) is 30.6 Å². The first-order valence-corrected chi connectivity index (χ1v) is 7.65. The van der Waals surface area contributed by atoms with E-state index in [9.17, 15) is 0 Å². The minimum Gasteiger partial charge on any atom is -0.396 e. The van der Waals surface area contributed by atoms with Crippen molar-refractivity contribution >= 4 is 11.3 Å². The van der Waals surface area contributed by atoms with Gasteiger partial charge in [0.15, 0.2) is 0 Å². The largest absolute Gasteiger partial charge is 0.396 e. The second-order valence-electron chi connectivity index (χ2n) is 4.57. The zero-order chi connectivity index (χ0) is 14.2. The standard InChI is InChI=1S/C15H20N2O2S/c18-9-4-7-17(8-10-19)11-15-16-14(12-20-15)13-5-2-1-3-6-13/h1-3,5-6,12,18-19H,4,7-11H2. The number of thiazole rings is 1. The van der Waals surface area contributed by atoms with E-state index in [1.807, 2.05) is 18.2 Å². The van der Waals surface area contributed by atoms with E-state index in [1.54, 1.807) is 11.3 Å². The first-order valence-electron chi connectivity index (χ1n) is 6.77. The molecule has 2 N–H and O–H groups in total. The second-order valence-corrected chi connectivity index (χ2v) is 5.51. The van der Waals surface area contributed by atoms with E-state index in [-0.39, 0.29) is 13.2 Å². The van der Waals surface area contributed by atoms with Crippen LogP contribution in [0.2, 0.25) is 0 Å². The summed E-state index contributed by atoms with van der Waals surface area (Å²) in [4.78, 5) is 6.76. The lowest BCUT2D eigenvalue weighted by Crippen LogP contribution is -2.28. The van der Waals surface area contributed by atoms with Crippen molar-refractivity contribution < 1.29 is 10.2 Å². The van der Waals surface area contributed by atoms with Crippen molar-refractivity contribution in [3.05, 3.63) is 40.7 Å². The van der Waals surface area contributed by atoms with Crippen LogP contribution in [0.3, 0.4) is 0 Å². The van der Waals surface area contributed by atoms with Crippen LogP contribution in [0.5, 0.6) is 0 Å². The maximum absolute atomic E-state index is 9.08. The van der Waals surface area contributed by atoms with E-state index in [2.05, 4.69) is 27.4 Å². The highest BCUT2D eigenvalue weighted by Gasteiger charge is 2.09. The topological polar surface area (TPSA) is 56.6 Å². The number of aliphatic hydroxyl groups is 2. The molecule has 0 fully saturated rings. The lowest BCUT2D eigenvalue weighted by atomic mass is 10.2. The molecule has 0 spiro atoms. The van der Waals surface area contributed by atoms with Crippen molar-refractivity contribution in [3.8, 4) is 11.3 Å². The lowest BCUT2D eigenvalue weighted by molar-refractivity contribution is 0.174. The van der Waals surface area contributed by atoms with Crippen LogP contribution in [0.25, 0.3) is 11.3 Å². The third kappa shape index (κ3) is 4.38. The van der Waals surface area contributed by atoms with Crippen molar-refractivity contribution in [2.45, 2.75) is 13.0 Å². The highest BCUT2D eigenvalue weighted by molar-refractivity contribution is 7.09. The van der Waals surface area contributed by atoms with Gasteiger partial charge in [-0.05, 0) is 6.42 Å². The molecule has 1 heterocycles. The number of rotatable bonds is 8. The van der Waals surface area contributed by atoms with Crippen molar-refractivity contribution in [2.75, 3.05) is 26.3 Å². The number of hydrogen-bond donors (Lipinski definition) is 2. The summed E-state index contributed by atoms with van der Waals surface area (Å²) in [5.74, 6) is 0. The molecule has 5 heteroatoms. The van der Waals surface area contributed by atoms with Gasteiger partial charge in [-0.3, -0.25) is 4.90 Å². The fourth-order valence-corrected chi connectivity index (χ4v) is 2.87. The van der Waals surface area contributed by atoms with E-state index < -0.39 is 0 Å². The first-order chi connectivity index (χ1) is 9.83. The molecule has 0 aliphatic rings.